The van der Waals surface area contributed by atoms with E-state index in [-0.39, 0.29) is 19.1 Å². The number of benzene rings is 2. The van der Waals surface area contributed by atoms with Gasteiger partial charge in [0.05, 0.1) is 13.7 Å². The highest BCUT2D eigenvalue weighted by molar-refractivity contribution is 7.09. The zero-order chi connectivity index (χ0) is 26.1. The Balaban J connectivity index is 1.71. The molecule has 3 rings (SSSR count). The van der Waals surface area contributed by atoms with E-state index in [1.165, 1.54) is 7.11 Å². The van der Waals surface area contributed by atoms with Gasteiger partial charge in [-0.1, -0.05) is 35.9 Å². The van der Waals surface area contributed by atoms with Crippen molar-refractivity contribution in [1.82, 2.24) is 10.2 Å². The van der Waals surface area contributed by atoms with E-state index in [0.717, 1.165) is 10.4 Å². The van der Waals surface area contributed by atoms with Gasteiger partial charge >= 0.3 is 6.09 Å². The molecule has 0 saturated carbocycles. The lowest BCUT2D eigenvalue weighted by Gasteiger charge is -2.24. The fourth-order valence-corrected chi connectivity index (χ4v) is 4.23. The highest BCUT2D eigenvalue weighted by Crippen LogP contribution is 2.30. The van der Waals surface area contributed by atoms with E-state index < -0.39 is 11.7 Å². The number of carbonyl (C=O) groups excluding carboxylic acids is 2. The van der Waals surface area contributed by atoms with E-state index in [0.29, 0.717) is 35.2 Å². The summed E-state index contributed by atoms with van der Waals surface area (Å²) < 4.78 is 16.7. The van der Waals surface area contributed by atoms with Crippen molar-refractivity contribution in [2.24, 2.45) is 0 Å². The average molecular weight is 531 g/mol. The first-order valence-corrected chi connectivity index (χ1v) is 12.7. The molecule has 36 heavy (non-hydrogen) atoms. The lowest BCUT2D eigenvalue weighted by atomic mass is 10.1. The smallest absolute Gasteiger partial charge is 0.407 e. The summed E-state index contributed by atoms with van der Waals surface area (Å²) in [5, 5.41) is 5.30. The van der Waals surface area contributed by atoms with Crippen LogP contribution in [-0.2, 0) is 17.9 Å². The van der Waals surface area contributed by atoms with E-state index in [1.54, 1.807) is 61.3 Å². The maximum atomic E-state index is 13.5. The van der Waals surface area contributed by atoms with Crippen molar-refractivity contribution in [2.75, 3.05) is 20.2 Å². The molecule has 1 heterocycles. The number of halogens is 1. The molecule has 0 atom stereocenters. The monoisotopic (exact) mass is 530 g/mol. The summed E-state index contributed by atoms with van der Waals surface area (Å²) in [6.07, 6.45) is -0.521. The minimum atomic E-state index is -0.594. The summed E-state index contributed by atoms with van der Waals surface area (Å²) in [5.74, 6) is 0.756. The Labute approximate surface area is 220 Å². The summed E-state index contributed by atoms with van der Waals surface area (Å²) in [7, 11) is 1.53. The number of nitrogens with one attached hydrogen (secondary N) is 1. The minimum absolute atomic E-state index is 0.189. The summed E-state index contributed by atoms with van der Waals surface area (Å²) in [5.41, 5.74) is 0.703. The molecule has 192 valence electrons. The largest absolute Gasteiger partial charge is 0.493 e. The maximum absolute atomic E-state index is 13.5. The molecule has 0 fully saturated rings. The number of hydrogen-bond acceptors (Lipinski definition) is 6. The van der Waals surface area contributed by atoms with E-state index in [4.69, 9.17) is 25.8 Å². The van der Waals surface area contributed by atoms with Crippen molar-refractivity contribution in [2.45, 2.75) is 39.5 Å². The van der Waals surface area contributed by atoms with E-state index in [2.05, 4.69) is 5.32 Å². The van der Waals surface area contributed by atoms with Crippen LogP contribution in [0.15, 0.2) is 60.0 Å². The summed E-state index contributed by atoms with van der Waals surface area (Å²) in [4.78, 5) is 28.2. The number of hydrogen-bond donors (Lipinski definition) is 1. The first kappa shape index (κ1) is 27.4. The van der Waals surface area contributed by atoms with E-state index in [9.17, 15) is 9.59 Å². The molecular formula is C27H31ClN2O5S. The zero-order valence-electron chi connectivity index (χ0n) is 20.9. The molecule has 9 heteroatoms. The first-order chi connectivity index (χ1) is 17.2. The number of nitrogens with zero attached hydrogens (tertiary/aromatic N) is 1. The lowest BCUT2D eigenvalue weighted by Crippen LogP contribution is -2.40. The Hall–Kier alpha value is -3.23. The van der Waals surface area contributed by atoms with Crippen LogP contribution in [0.25, 0.3) is 0 Å². The van der Waals surface area contributed by atoms with Gasteiger partial charge in [-0.3, -0.25) is 4.79 Å². The predicted octanol–water partition coefficient (Wildman–Crippen LogP) is 6.16. The number of ether oxygens (including phenoxy) is 3. The van der Waals surface area contributed by atoms with Gasteiger partial charge in [0.25, 0.3) is 5.91 Å². The van der Waals surface area contributed by atoms with Crippen LogP contribution >= 0.6 is 22.9 Å². The van der Waals surface area contributed by atoms with Gasteiger partial charge in [-0.25, -0.2) is 4.79 Å². The van der Waals surface area contributed by atoms with Crippen LogP contribution in [0.5, 0.6) is 11.5 Å². The van der Waals surface area contributed by atoms with Gasteiger partial charge in [-0.05, 0) is 56.5 Å². The van der Waals surface area contributed by atoms with Gasteiger partial charge in [0.15, 0.2) is 11.5 Å². The molecule has 3 aromatic rings. The molecule has 2 aromatic carbocycles. The van der Waals surface area contributed by atoms with Crippen LogP contribution in [0.4, 0.5) is 4.79 Å². The van der Waals surface area contributed by atoms with Crippen LogP contribution in [0, 0.1) is 0 Å². The third-order valence-electron chi connectivity index (χ3n) is 5.02. The molecule has 0 saturated heterocycles. The molecule has 2 amide bonds. The third kappa shape index (κ3) is 8.17. The van der Waals surface area contributed by atoms with Gasteiger partial charge in [0.1, 0.15) is 12.2 Å². The van der Waals surface area contributed by atoms with Crippen molar-refractivity contribution < 1.29 is 23.8 Å². The molecule has 0 spiro atoms. The standard InChI is InChI=1S/C27H31ClN2O5S/c1-27(2,3)35-26(32)29-13-14-30(17-21-9-7-15-36-21)25(31)19-11-12-23(24(16-19)33-4)34-18-20-8-5-6-10-22(20)28/h5-12,15-16H,13-14,17-18H2,1-4H3,(H,29,32). The molecule has 0 aliphatic rings. The van der Waals surface area contributed by atoms with Crippen LogP contribution in [0.1, 0.15) is 41.6 Å². The maximum Gasteiger partial charge on any atom is 0.407 e. The highest BCUT2D eigenvalue weighted by atomic mass is 35.5. The van der Waals surface area contributed by atoms with Crippen molar-refractivity contribution in [3.8, 4) is 11.5 Å². The van der Waals surface area contributed by atoms with Crippen LogP contribution < -0.4 is 14.8 Å². The Kier molecular flexibility index (Phi) is 9.61. The Morgan fingerprint density at radius 2 is 1.83 bits per heavy atom. The topological polar surface area (TPSA) is 77.1 Å². The van der Waals surface area contributed by atoms with E-state index in [1.807, 2.05) is 35.7 Å². The summed E-state index contributed by atoms with van der Waals surface area (Å²) in [6.45, 7) is 6.65. The number of rotatable bonds is 10. The molecule has 1 aromatic heterocycles. The first-order valence-electron chi connectivity index (χ1n) is 11.5. The average Bonchev–Trinajstić information content (AvgIpc) is 3.34. The quantitative estimate of drug-likeness (QED) is 0.340. The normalized spacial score (nSPS) is 11.0. The molecule has 0 radical (unpaired) electrons. The molecule has 1 N–H and O–H groups in total. The fraction of sp³-hybridized carbons (Fsp3) is 0.333. The van der Waals surface area contributed by atoms with Crippen molar-refractivity contribution in [3.05, 3.63) is 81.0 Å². The predicted molar refractivity (Wildman–Crippen MR) is 142 cm³/mol. The second-order valence-corrected chi connectivity index (χ2v) is 10.4. The second-order valence-electron chi connectivity index (χ2n) is 8.98. The SMILES string of the molecule is COc1cc(C(=O)N(CCNC(=O)OC(C)(C)C)Cc2cccs2)ccc1OCc1ccccc1Cl. The summed E-state index contributed by atoms with van der Waals surface area (Å²) >= 11 is 7.79. The molecule has 0 unspecified atom stereocenters. The second kappa shape index (κ2) is 12.6. The van der Waals surface area contributed by atoms with E-state index >= 15 is 0 Å². The van der Waals surface area contributed by atoms with Crippen molar-refractivity contribution in [1.29, 1.82) is 0 Å². The van der Waals surface area contributed by atoms with Crippen LogP contribution in [0.2, 0.25) is 5.02 Å². The molecule has 7 nitrogen and oxygen atoms in total. The van der Waals surface area contributed by atoms with Gasteiger partial charge in [-0.2, -0.15) is 0 Å². The van der Waals surface area contributed by atoms with Crippen LogP contribution in [0.3, 0.4) is 0 Å². The Morgan fingerprint density at radius 3 is 2.50 bits per heavy atom. The summed E-state index contributed by atoms with van der Waals surface area (Å²) in [6, 6.07) is 16.4. The molecular weight excluding hydrogens is 500 g/mol. The number of carbonyl (C=O) groups is 2. The fourth-order valence-electron chi connectivity index (χ4n) is 3.32. The zero-order valence-corrected chi connectivity index (χ0v) is 22.4. The van der Waals surface area contributed by atoms with Gasteiger partial charge in [0, 0.05) is 34.1 Å². The number of methoxy groups -OCH3 is 1. The minimum Gasteiger partial charge on any atom is -0.493 e. The number of alkyl carbamates (subject to hydrolysis) is 1. The number of thiophene rings is 1. The van der Waals surface area contributed by atoms with Gasteiger partial charge in [-0.15, -0.1) is 11.3 Å². The van der Waals surface area contributed by atoms with Crippen molar-refractivity contribution >= 4 is 34.9 Å². The molecule has 0 aliphatic heterocycles. The Morgan fingerprint density at radius 1 is 1.06 bits per heavy atom. The Bertz CT molecular complexity index is 1160. The van der Waals surface area contributed by atoms with Gasteiger partial charge in [0.2, 0.25) is 0 Å². The van der Waals surface area contributed by atoms with Crippen molar-refractivity contribution in [3.63, 3.8) is 0 Å². The third-order valence-corrected chi connectivity index (χ3v) is 6.25. The van der Waals surface area contributed by atoms with Crippen LogP contribution in [-0.4, -0.2) is 42.7 Å². The number of amides is 2. The molecule has 0 bridgehead atoms. The molecule has 0 aliphatic carbocycles. The highest BCUT2D eigenvalue weighted by Gasteiger charge is 2.20. The van der Waals surface area contributed by atoms with Gasteiger partial charge < -0.3 is 24.4 Å². The lowest BCUT2D eigenvalue weighted by molar-refractivity contribution is 0.0512.